The van der Waals surface area contributed by atoms with Gasteiger partial charge in [-0.1, -0.05) is 18.2 Å². The normalized spacial score (nSPS) is 24.2. The number of benzene rings is 1. The number of rotatable bonds is 2. The van der Waals surface area contributed by atoms with Crippen molar-refractivity contribution in [2.45, 2.75) is 37.3 Å². The van der Waals surface area contributed by atoms with E-state index in [1.807, 2.05) is 34.5 Å². The maximum atomic E-state index is 12.8. The summed E-state index contributed by atoms with van der Waals surface area (Å²) >= 11 is 1.62. The zero-order chi connectivity index (χ0) is 13.7. The molecule has 20 heavy (non-hydrogen) atoms. The molecule has 1 saturated carbocycles. The molecule has 2 aliphatic rings. The lowest BCUT2D eigenvalue weighted by Crippen LogP contribution is -2.44. The van der Waals surface area contributed by atoms with Crippen LogP contribution in [0.5, 0.6) is 0 Å². The first-order valence-corrected chi connectivity index (χ1v) is 8.07. The van der Waals surface area contributed by atoms with E-state index in [0.717, 1.165) is 47.9 Å². The molecule has 1 aliphatic carbocycles. The minimum absolute atomic E-state index is 0.0219. The Balaban J connectivity index is 1.70. The molecule has 1 N–H and O–H groups in total. The van der Waals surface area contributed by atoms with Gasteiger partial charge in [0, 0.05) is 22.0 Å². The second-order valence-electron chi connectivity index (χ2n) is 5.91. The van der Waals surface area contributed by atoms with Crippen molar-refractivity contribution in [1.82, 2.24) is 4.90 Å². The fourth-order valence-corrected chi connectivity index (χ4v) is 4.26. The van der Waals surface area contributed by atoms with Gasteiger partial charge in [-0.05, 0) is 31.7 Å². The van der Waals surface area contributed by atoms with Crippen LogP contribution in [0.4, 0.5) is 0 Å². The van der Waals surface area contributed by atoms with Crippen LogP contribution in [-0.2, 0) is 0 Å². The molecule has 4 heteroatoms. The molecule has 0 bridgehead atoms. The van der Waals surface area contributed by atoms with Gasteiger partial charge in [-0.25, -0.2) is 0 Å². The van der Waals surface area contributed by atoms with Crippen LogP contribution in [0.15, 0.2) is 29.6 Å². The van der Waals surface area contributed by atoms with Crippen LogP contribution in [0.3, 0.4) is 0 Å². The van der Waals surface area contributed by atoms with Gasteiger partial charge in [-0.15, -0.1) is 11.3 Å². The van der Waals surface area contributed by atoms with Gasteiger partial charge in [0.1, 0.15) is 0 Å². The largest absolute Gasteiger partial charge is 0.388 e. The molecule has 1 aliphatic heterocycles. The number of nitrogens with zero attached hydrogens (tertiary/aromatic N) is 1. The number of thiophene rings is 1. The number of fused-ring (bicyclic) bond motifs is 1. The van der Waals surface area contributed by atoms with Gasteiger partial charge in [0.05, 0.1) is 17.2 Å². The van der Waals surface area contributed by atoms with Crippen molar-refractivity contribution < 1.29 is 9.90 Å². The number of hydrogen-bond acceptors (Lipinski definition) is 3. The summed E-state index contributed by atoms with van der Waals surface area (Å²) in [5.41, 5.74) is 0.194. The summed E-state index contributed by atoms with van der Waals surface area (Å²) in [6.07, 6.45) is 3.61. The Labute approximate surface area is 121 Å². The summed E-state index contributed by atoms with van der Waals surface area (Å²) in [6, 6.07) is 8.05. The Bertz CT molecular complexity index is 674. The van der Waals surface area contributed by atoms with Crippen molar-refractivity contribution in [2.24, 2.45) is 0 Å². The number of hydrogen-bond donors (Lipinski definition) is 1. The number of carbonyl (C=O) groups is 1. The lowest BCUT2D eigenvalue weighted by Gasteiger charge is -2.28. The molecule has 2 fully saturated rings. The summed E-state index contributed by atoms with van der Waals surface area (Å²) in [4.78, 5) is 14.7. The third-order valence-electron chi connectivity index (χ3n) is 4.61. The topological polar surface area (TPSA) is 40.5 Å². The van der Waals surface area contributed by atoms with Gasteiger partial charge in [0.25, 0.3) is 5.91 Å². The molecule has 0 radical (unpaired) electrons. The van der Waals surface area contributed by atoms with Gasteiger partial charge in [0.15, 0.2) is 0 Å². The monoisotopic (exact) mass is 287 g/mol. The molecule has 0 spiro atoms. The van der Waals surface area contributed by atoms with Gasteiger partial charge < -0.3 is 10.0 Å². The SMILES string of the molecule is O=C(c1csc2ccccc12)N1CCCC1C1(O)CC1. The highest BCUT2D eigenvalue weighted by Gasteiger charge is 2.52. The highest BCUT2D eigenvalue weighted by molar-refractivity contribution is 7.17. The molecule has 1 saturated heterocycles. The maximum Gasteiger partial charge on any atom is 0.255 e. The Hall–Kier alpha value is -1.39. The molecule has 1 atom stereocenters. The molecule has 104 valence electrons. The molecule has 1 unspecified atom stereocenters. The van der Waals surface area contributed by atoms with E-state index in [2.05, 4.69) is 0 Å². The number of likely N-dealkylation sites (tertiary alicyclic amines) is 1. The summed E-state index contributed by atoms with van der Waals surface area (Å²) in [7, 11) is 0. The van der Waals surface area contributed by atoms with Gasteiger partial charge >= 0.3 is 0 Å². The number of amides is 1. The van der Waals surface area contributed by atoms with E-state index < -0.39 is 5.60 Å². The van der Waals surface area contributed by atoms with Crippen molar-refractivity contribution >= 4 is 27.3 Å². The Morgan fingerprint density at radius 1 is 1.35 bits per heavy atom. The van der Waals surface area contributed by atoms with Crippen LogP contribution < -0.4 is 0 Å². The number of aliphatic hydroxyl groups is 1. The zero-order valence-corrected chi connectivity index (χ0v) is 12.0. The molecule has 1 amide bonds. The first-order chi connectivity index (χ1) is 9.69. The third-order valence-corrected chi connectivity index (χ3v) is 5.57. The summed E-state index contributed by atoms with van der Waals surface area (Å²) in [6.45, 7) is 0.774. The lowest BCUT2D eigenvalue weighted by atomic mass is 10.1. The predicted molar refractivity (Wildman–Crippen MR) is 80.1 cm³/mol. The average Bonchev–Trinajstić information content (AvgIpc) is 2.95. The minimum atomic E-state index is -0.599. The average molecular weight is 287 g/mol. The minimum Gasteiger partial charge on any atom is -0.388 e. The fraction of sp³-hybridized carbons (Fsp3) is 0.438. The molecular formula is C16H17NO2S. The van der Waals surface area contributed by atoms with E-state index in [9.17, 15) is 9.90 Å². The van der Waals surface area contributed by atoms with Crippen LogP contribution in [0.1, 0.15) is 36.0 Å². The quantitative estimate of drug-likeness (QED) is 0.922. The van der Waals surface area contributed by atoms with Crippen molar-refractivity contribution in [3.63, 3.8) is 0 Å². The van der Waals surface area contributed by atoms with Crippen molar-refractivity contribution in [1.29, 1.82) is 0 Å². The predicted octanol–water partition coefficient (Wildman–Crippen LogP) is 3.03. The summed E-state index contributed by atoms with van der Waals surface area (Å²) < 4.78 is 1.15. The van der Waals surface area contributed by atoms with Gasteiger partial charge in [-0.3, -0.25) is 4.79 Å². The zero-order valence-electron chi connectivity index (χ0n) is 11.2. The Morgan fingerprint density at radius 3 is 2.95 bits per heavy atom. The molecule has 2 aromatic rings. The molecule has 4 rings (SSSR count). The van der Waals surface area contributed by atoms with Crippen LogP contribution >= 0.6 is 11.3 Å². The van der Waals surface area contributed by atoms with E-state index in [0.29, 0.717) is 0 Å². The molecular weight excluding hydrogens is 270 g/mol. The lowest BCUT2D eigenvalue weighted by molar-refractivity contribution is 0.0388. The van der Waals surface area contributed by atoms with E-state index in [-0.39, 0.29) is 11.9 Å². The Kier molecular flexibility index (Phi) is 2.66. The second-order valence-corrected chi connectivity index (χ2v) is 6.82. The van der Waals surface area contributed by atoms with Crippen molar-refractivity contribution in [3.8, 4) is 0 Å². The van der Waals surface area contributed by atoms with Gasteiger partial charge in [0.2, 0.25) is 0 Å². The second kappa shape index (κ2) is 4.30. The van der Waals surface area contributed by atoms with E-state index in [1.54, 1.807) is 11.3 Å². The van der Waals surface area contributed by atoms with Crippen LogP contribution in [-0.4, -0.2) is 34.1 Å². The standard InChI is InChI=1S/C16H17NO2S/c18-15(12-10-20-13-5-2-1-4-11(12)13)17-9-3-6-14(17)16(19)7-8-16/h1-2,4-5,10,14,19H,3,6-9H2. The smallest absolute Gasteiger partial charge is 0.255 e. The highest BCUT2D eigenvalue weighted by atomic mass is 32.1. The van der Waals surface area contributed by atoms with Crippen molar-refractivity contribution in [2.75, 3.05) is 6.54 Å². The molecule has 2 heterocycles. The van der Waals surface area contributed by atoms with Crippen LogP contribution in [0.25, 0.3) is 10.1 Å². The maximum absolute atomic E-state index is 12.8. The summed E-state index contributed by atoms with van der Waals surface area (Å²) in [5, 5.41) is 13.4. The molecule has 1 aromatic carbocycles. The Morgan fingerprint density at radius 2 is 2.15 bits per heavy atom. The van der Waals surface area contributed by atoms with Gasteiger partial charge in [-0.2, -0.15) is 0 Å². The highest BCUT2D eigenvalue weighted by Crippen LogP contribution is 2.45. The third kappa shape index (κ3) is 1.79. The van der Waals surface area contributed by atoms with Crippen LogP contribution in [0.2, 0.25) is 0 Å². The first-order valence-electron chi connectivity index (χ1n) is 7.19. The number of carbonyl (C=O) groups excluding carboxylic acids is 1. The van der Waals surface area contributed by atoms with E-state index >= 15 is 0 Å². The fourth-order valence-electron chi connectivity index (χ4n) is 3.33. The van der Waals surface area contributed by atoms with E-state index in [1.165, 1.54) is 0 Å². The summed E-state index contributed by atoms with van der Waals surface area (Å²) in [5.74, 6) is 0.0882. The molecule has 1 aromatic heterocycles. The van der Waals surface area contributed by atoms with Crippen LogP contribution in [0, 0.1) is 0 Å². The first kappa shape index (κ1) is 12.4. The van der Waals surface area contributed by atoms with E-state index in [4.69, 9.17) is 0 Å². The van der Waals surface area contributed by atoms with Crippen molar-refractivity contribution in [3.05, 3.63) is 35.2 Å². The molecule has 3 nitrogen and oxygen atoms in total.